The quantitative estimate of drug-likeness (QED) is 0.575. The topological polar surface area (TPSA) is 18.5 Å². The smallest absolute Gasteiger partial charge is 0.188 e. The molecule has 4 heteroatoms. The van der Waals surface area contributed by atoms with Crippen LogP contribution in [0.4, 0.5) is 0 Å². The molecule has 1 aliphatic rings. The average molecular weight is 180 g/mol. The van der Waals surface area contributed by atoms with Gasteiger partial charge in [-0.15, -0.1) is 0 Å². The Bertz CT molecular complexity index is 148. The van der Waals surface area contributed by atoms with Crippen molar-refractivity contribution in [3.05, 3.63) is 0 Å². The summed E-state index contributed by atoms with van der Waals surface area (Å²) in [6.45, 7) is 3.90. The van der Waals surface area contributed by atoms with Crippen LogP contribution in [-0.4, -0.2) is 19.4 Å². The molecule has 0 atom stereocenters. The molecule has 1 rings (SSSR count). The second kappa shape index (κ2) is 3.31. The summed E-state index contributed by atoms with van der Waals surface area (Å²) in [6.07, 6.45) is 0.856. The van der Waals surface area contributed by atoms with E-state index >= 15 is 0 Å². The van der Waals surface area contributed by atoms with Crippen LogP contribution in [0.15, 0.2) is 0 Å². The van der Waals surface area contributed by atoms with Gasteiger partial charge in [0.25, 0.3) is 0 Å². The molecule has 60 valence electrons. The standard InChI is InChI=1S/C6H13O2PS/c1-3-9(10)7-4-6(2)5-8-9/h6H,3-5H2,1-2H3. The van der Waals surface area contributed by atoms with Crippen LogP contribution >= 0.6 is 6.49 Å². The van der Waals surface area contributed by atoms with Gasteiger partial charge in [0.1, 0.15) is 0 Å². The molecule has 0 aliphatic carbocycles. The molecular formula is C6H13O2PS. The number of hydrogen-bond acceptors (Lipinski definition) is 3. The van der Waals surface area contributed by atoms with Crippen LogP contribution in [-0.2, 0) is 20.9 Å². The third-order valence-corrected chi connectivity index (χ3v) is 4.77. The van der Waals surface area contributed by atoms with Crippen LogP contribution in [0.25, 0.3) is 0 Å². The van der Waals surface area contributed by atoms with Gasteiger partial charge in [-0.1, -0.05) is 13.8 Å². The number of rotatable bonds is 1. The minimum absolute atomic E-state index is 0.516. The van der Waals surface area contributed by atoms with Crippen LogP contribution in [0.3, 0.4) is 0 Å². The zero-order valence-corrected chi connectivity index (χ0v) is 8.08. The largest absolute Gasteiger partial charge is 0.329 e. The van der Waals surface area contributed by atoms with Crippen LogP contribution in [0.1, 0.15) is 13.8 Å². The van der Waals surface area contributed by atoms with Gasteiger partial charge in [0.15, 0.2) is 6.49 Å². The van der Waals surface area contributed by atoms with E-state index < -0.39 is 6.49 Å². The Morgan fingerprint density at radius 1 is 1.50 bits per heavy atom. The molecule has 10 heavy (non-hydrogen) atoms. The first-order chi connectivity index (χ1) is 4.66. The normalized spacial score (nSPS) is 41.6. The highest BCUT2D eigenvalue weighted by atomic mass is 32.5. The van der Waals surface area contributed by atoms with Crippen molar-refractivity contribution in [1.29, 1.82) is 0 Å². The van der Waals surface area contributed by atoms with Gasteiger partial charge >= 0.3 is 0 Å². The Morgan fingerprint density at radius 2 is 2.00 bits per heavy atom. The molecule has 2 nitrogen and oxygen atoms in total. The fourth-order valence-electron chi connectivity index (χ4n) is 0.750. The van der Waals surface area contributed by atoms with E-state index in [-0.39, 0.29) is 0 Å². The summed E-state index contributed by atoms with van der Waals surface area (Å²) in [5.41, 5.74) is 0. The van der Waals surface area contributed by atoms with E-state index in [1.807, 2.05) is 6.92 Å². The summed E-state index contributed by atoms with van der Waals surface area (Å²) in [6, 6.07) is 0. The van der Waals surface area contributed by atoms with Gasteiger partial charge in [0.05, 0.1) is 13.2 Å². The third-order valence-electron chi connectivity index (χ3n) is 1.50. The summed E-state index contributed by atoms with van der Waals surface area (Å²) in [5, 5.41) is 0. The molecule has 0 aromatic carbocycles. The summed E-state index contributed by atoms with van der Waals surface area (Å²) < 4.78 is 10.9. The molecule has 0 aromatic rings. The van der Waals surface area contributed by atoms with Crippen LogP contribution < -0.4 is 0 Å². The first kappa shape index (κ1) is 8.66. The molecule has 0 amide bonds. The molecule has 0 aromatic heterocycles. The fraction of sp³-hybridized carbons (Fsp3) is 1.00. The van der Waals surface area contributed by atoms with E-state index in [0.717, 1.165) is 19.4 Å². The number of hydrogen-bond donors (Lipinski definition) is 0. The van der Waals surface area contributed by atoms with E-state index in [1.54, 1.807) is 0 Å². The zero-order valence-electron chi connectivity index (χ0n) is 6.37. The highest BCUT2D eigenvalue weighted by molar-refractivity contribution is 8.09. The van der Waals surface area contributed by atoms with Gasteiger partial charge in [-0.05, 0) is 11.8 Å². The minimum atomic E-state index is -1.80. The monoisotopic (exact) mass is 180 g/mol. The van der Waals surface area contributed by atoms with E-state index in [4.69, 9.17) is 20.9 Å². The Labute approximate surface area is 67.1 Å². The van der Waals surface area contributed by atoms with Gasteiger partial charge in [-0.25, -0.2) is 0 Å². The Kier molecular flexibility index (Phi) is 2.87. The minimum Gasteiger partial charge on any atom is -0.329 e. The lowest BCUT2D eigenvalue weighted by Crippen LogP contribution is -2.18. The molecule has 0 radical (unpaired) electrons. The Hall–Kier alpha value is 0.570. The molecule has 1 saturated heterocycles. The first-order valence-electron chi connectivity index (χ1n) is 3.54. The second-order valence-electron chi connectivity index (χ2n) is 2.62. The molecule has 0 spiro atoms. The molecule has 0 bridgehead atoms. The predicted molar refractivity (Wildman–Crippen MR) is 45.9 cm³/mol. The van der Waals surface area contributed by atoms with Gasteiger partial charge in [0.2, 0.25) is 0 Å². The van der Waals surface area contributed by atoms with Crippen molar-refractivity contribution < 1.29 is 9.05 Å². The highest BCUT2D eigenvalue weighted by Crippen LogP contribution is 2.51. The maximum Gasteiger partial charge on any atom is 0.188 e. The van der Waals surface area contributed by atoms with Crippen LogP contribution in [0.2, 0.25) is 0 Å². The van der Waals surface area contributed by atoms with Gasteiger partial charge in [-0.3, -0.25) is 0 Å². The fourth-order valence-corrected chi connectivity index (χ4v) is 2.52. The molecule has 0 unspecified atom stereocenters. The van der Waals surface area contributed by atoms with Crippen molar-refractivity contribution in [2.24, 2.45) is 5.92 Å². The van der Waals surface area contributed by atoms with E-state index in [0.29, 0.717) is 5.92 Å². The highest BCUT2D eigenvalue weighted by Gasteiger charge is 2.23. The van der Waals surface area contributed by atoms with Crippen molar-refractivity contribution in [3.8, 4) is 0 Å². The van der Waals surface area contributed by atoms with Crippen molar-refractivity contribution in [1.82, 2.24) is 0 Å². The summed E-state index contributed by atoms with van der Waals surface area (Å²) in [4.78, 5) is 0. The van der Waals surface area contributed by atoms with Crippen molar-refractivity contribution in [3.63, 3.8) is 0 Å². The van der Waals surface area contributed by atoms with Crippen molar-refractivity contribution in [2.45, 2.75) is 13.8 Å². The summed E-state index contributed by atoms with van der Waals surface area (Å²) in [5.74, 6) is 0.516. The average Bonchev–Trinajstić information content (AvgIpc) is 1.96. The lowest BCUT2D eigenvalue weighted by molar-refractivity contribution is 0.128. The van der Waals surface area contributed by atoms with Crippen molar-refractivity contribution >= 4 is 18.3 Å². The lowest BCUT2D eigenvalue weighted by atomic mass is 10.2. The molecule has 1 heterocycles. The first-order valence-corrected chi connectivity index (χ1v) is 6.37. The van der Waals surface area contributed by atoms with Gasteiger partial charge in [-0.2, -0.15) is 0 Å². The third kappa shape index (κ3) is 2.03. The van der Waals surface area contributed by atoms with Gasteiger partial charge in [0, 0.05) is 12.1 Å². The van der Waals surface area contributed by atoms with E-state index in [1.165, 1.54) is 0 Å². The van der Waals surface area contributed by atoms with E-state index in [9.17, 15) is 0 Å². The molecular weight excluding hydrogens is 167 g/mol. The molecule has 0 N–H and O–H groups in total. The summed E-state index contributed by atoms with van der Waals surface area (Å²) in [7, 11) is 0. The molecule has 1 fully saturated rings. The predicted octanol–water partition coefficient (Wildman–Crippen LogP) is 2.00. The van der Waals surface area contributed by atoms with Gasteiger partial charge < -0.3 is 9.05 Å². The SMILES string of the molecule is CCP1(=S)OCC(C)CO1. The maximum absolute atomic E-state index is 5.43. The van der Waals surface area contributed by atoms with E-state index in [2.05, 4.69) is 6.92 Å². The van der Waals surface area contributed by atoms with Crippen LogP contribution in [0, 0.1) is 5.92 Å². The second-order valence-corrected chi connectivity index (χ2v) is 6.66. The summed E-state index contributed by atoms with van der Waals surface area (Å²) >= 11 is 5.17. The van der Waals surface area contributed by atoms with Crippen molar-refractivity contribution in [2.75, 3.05) is 19.4 Å². The molecule has 1 aliphatic heterocycles. The zero-order chi connectivity index (χ0) is 7.61. The Morgan fingerprint density at radius 3 is 2.40 bits per heavy atom. The Balaban J connectivity index is 2.46. The van der Waals surface area contributed by atoms with Crippen LogP contribution in [0.5, 0.6) is 0 Å². The molecule has 0 saturated carbocycles. The maximum atomic E-state index is 5.43. The lowest BCUT2D eigenvalue weighted by Gasteiger charge is -2.29.